The van der Waals surface area contributed by atoms with Crippen LogP contribution in [0.5, 0.6) is 11.5 Å². The van der Waals surface area contributed by atoms with E-state index in [-0.39, 0.29) is 12.3 Å². The average Bonchev–Trinajstić information content (AvgIpc) is 2.98. The fraction of sp³-hybridized carbons (Fsp3) is 0.200. The largest absolute Gasteiger partial charge is 0.497 e. The molecule has 138 valence electrons. The summed E-state index contributed by atoms with van der Waals surface area (Å²) in [4.78, 5) is 17.4. The molecule has 0 aliphatic heterocycles. The monoisotopic (exact) mass is 400 g/mol. The van der Waals surface area contributed by atoms with Gasteiger partial charge in [-0.05, 0) is 24.3 Å². The van der Waals surface area contributed by atoms with Gasteiger partial charge in [0.1, 0.15) is 11.5 Å². The van der Waals surface area contributed by atoms with Gasteiger partial charge in [-0.15, -0.1) is 6.42 Å². The molecule has 0 saturated heterocycles. The number of methoxy groups -OCH3 is 2. The summed E-state index contributed by atoms with van der Waals surface area (Å²) in [6.45, 7) is 0.319. The van der Waals surface area contributed by atoms with Gasteiger partial charge in [0.25, 0.3) is 5.91 Å². The fourth-order valence-corrected chi connectivity index (χ4v) is 4.01. The van der Waals surface area contributed by atoms with Crippen molar-refractivity contribution in [2.75, 3.05) is 14.2 Å². The number of aromatic nitrogens is 1. The first-order valence-electron chi connectivity index (χ1n) is 8.06. The van der Waals surface area contributed by atoms with Crippen LogP contribution in [-0.2, 0) is 17.8 Å². The summed E-state index contributed by atoms with van der Waals surface area (Å²) < 4.78 is 13.3. The summed E-state index contributed by atoms with van der Waals surface area (Å²) in [6, 6.07) is 10.8. The van der Waals surface area contributed by atoms with E-state index in [0.29, 0.717) is 27.9 Å². The van der Waals surface area contributed by atoms with E-state index in [1.54, 1.807) is 38.5 Å². The van der Waals surface area contributed by atoms with Crippen molar-refractivity contribution in [3.8, 4) is 23.8 Å². The van der Waals surface area contributed by atoms with Crippen LogP contribution < -0.4 is 14.3 Å². The highest BCUT2D eigenvalue weighted by Gasteiger charge is 2.12. The van der Waals surface area contributed by atoms with Gasteiger partial charge in [0.2, 0.25) is 0 Å². The molecule has 0 saturated carbocycles. The molecule has 0 aliphatic carbocycles. The molecule has 27 heavy (non-hydrogen) atoms. The lowest BCUT2D eigenvalue weighted by Crippen LogP contribution is -2.17. The molecule has 0 unspecified atom stereocenters. The number of amides is 1. The molecule has 0 fully saturated rings. The number of thiazole rings is 1. The number of terminal acetylenes is 1. The van der Waals surface area contributed by atoms with E-state index in [2.05, 4.69) is 10.9 Å². The van der Waals surface area contributed by atoms with Crippen molar-refractivity contribution in [3.05, 3.63) is 51.8 Å². The van der Waals surface area contributed by atoms with Crippen LogP contribution >= 0.6 is 22.9 Å². The van der Waals surface area contributed by atoms with Crippen LogP contribution in [-0.4, -0.2) is 24.7 Å². The number of nitrogens with zero attached hydrogens (tertiary/aromatic N) is 2. The van der Waals surface area contributed by atoms with Crippen LogP contribution in [0.2, 0.25) is 5.02 Å². The van der Waals surface area contributed by atoms with Gasteiger partial charge in [0, 0.05) is 16.7 Å². The predicted octanol–water partition coefficient (Wildman–Crippen LogP) is 3.68. The third kappa shape index (κ3) is 4.16. The second-order valence-electron chi connectivity index (χ2n) is 5.65. The highest BCUT2D eigenvalue weighted by atomic mass is 35.5. The van der Waals surface area contributed by atoms with E-state index in [1.807, 2.05) is 16.7 Å². The number of rotatable bonds is 5. The Hall–Kier alpha value is -2.75. The Kier molecular flexibility index (Phi) is 5.84. The van der Waals surface area contributed by atoms with E-state index in [1.165, 1.54) is 11.3 Å². The number of carbonyl (C=O) groups excluding carboxylic acids is 1. The molecule has 0 atom stereocenters. The van der Waals surface area contributed by atoms with Gasteiger partial charge in [-0.25, -0.2) is 0 Å². The number of halogens is 1. The van der Waals surface area contributed by atoms with Gasteiger partial charge in [0.05, 0.1) is 37.4 Å². The zero-order chi connectivity index (χ0) is 19.4. The van der Waals surface area contributed by atoms with E-state index in [4.69, 9.17) is 27.5 Å². The van der Waals surface area contributed by atoms with Gasteiger partial charge < -0.3 is 14.0 Å². The molecule has 1 aromatic heterocycles. The molecule has 0 radical (unpaired) electrons. The molecule has 3 rings (SSSR count). The molecular weight excluding hydrogens is 384 g/mol. The Balaban J connectivity index is 1.98. The number of carbonyl (C=O) groups is 1. The second kappa shape index (κ2) is 8.30. The molecule has 0 spiro atoms. The molecule has 0 bridgehead atoms. The van der Waals surface area contributed by atoms with E-state index in [0.717, 1.165) is 15.8 Å². The summed E-state index contributed by atoms with van der Waals surface area (Å²) in [5, 5.41) is 0.623. The molecule has 1 amide bonds. The Morgan fingerprint density at radius 3 is 2.78 bits per heavy atom. The topological polar surface area (TPSA) is 52.8 Å². The lowest BCUT2D eigenvalue weighted by molar-refractivity contribution is -0.117. The molecule has 1 heterocycles. The number of hydrogen-bond acceptors (Lipinski definition) is 4. The van der Waals surface area contributed by atoms with Crippen LogP contribution in [0.4, 0.5) is 0 Å². The van der Waals surface area contributed by atoms with Crippen molar-refractivity contribution >= 4 is 39.1 Å². The zero-order valence-electron chi connectivity index (χ0n) is 14.9. The van der Waals surface area contributed by atoms with Crippen LogP contribution in [0.3, 0.4) is 0 Å². The van der Waals surface area contributed by atoms with Gasteiger partial charge in [-0.1, -0.05) is 34.9 Å². The van der Waals surface area contributed by atoms with Gasteiger partial charge in [0.15, 0.2) is 4.80 Å². The molecule has 7 heteroatoms. The Morgan fingerprint density at radius 1 is 1.26 bits per heavy atom. The summed E-state index contributed by atoms with van der Waals surface area (Å²) in [7, 11) is 3.13. The minimum absolute atomic E-state index is 0.109. The summed E-state index contributed by atoms with van der Waals surface area (Å²) in [6.07, 6.45) is 5.59. The minimum Gasteiger partial charge on any atom is -0.497 e. The maximum absolute atomic E-state index is 12.6. The summed E-state index contributed by atoms with van der Waals surface area (Å²) in [5.74, 6) is 3.55. The maximum atomic E-state index is 12.6. The molecule has 0 N–H and O–H groups in total. The van der Waals surface area contributed by atoms with Crippen LogP contribution in [0.1, 0.15) is 5.56 Å². The Labute approximate surface area is 165 Å². The van der Waals surface area contributed by atoms with Crippen molar-refractivity contribution in [2.24, 2.45) is 4.99 Å². The van der Waals surface area contributed by atoms with Crippen LogP contribution in [0.15, 0.2) is 41.4 Å². The van der Waals surface area contributed by atoms with Crippen molar-refractivity contribution < 1.29 is 14.3 Å². The van der Waals surface area contributed by atoms with Crippen molar-refractivity contribution in [1.29, 1.82) is 0 Å². The smallest absolute Gasteiger partial charge is 0.252 e. The van der Waals surface area contributed by atoms with E-state index < -0.39 is 0 Å². The predicted molar refractivity (Wildman–Crippen MR) is 107 cm³/mol. The van der Waals surface area contributed by atoms with Crippen molar-refractivity contribution in [3.63, 3.8) is 0 Å². The number of ether oxygens (including phenoxy) is 2. The van der Waals surface area contributed by atoms with Gasteiger partial charge >= 0.3 is 0 Å². The first kappa shape index (κ1) is 19.0. The third-order valence-electron chi connectivity index (χ3n) is 3.95. The summed E-state index contributed by atoms with van der Waals surface area (Å²) >= 11 is 7.44. The third-order valence-corrected chi connectivity index (χ3v) is 5.23. The molecule has 3 aromatic rings. The lowest BCUT2D eigenvalue weighted by Gasteiger charge is -2.08. The van der Waals surface area contributed by atoms with Crippen molar-refractivity contribution in [1.82, 2.24) is 4.57 Å². The average molecular weight is 401 g/mol. The standard InChI is InChI=1S/C20H17ClN2O3S/c1-4-9-23-16-8-6-14(21)11-18(16)27-20(23)22-19(24)10-13-5-7-15(25-2)12-17(13)26-3/h1,5-8,11-12H,9-10H2,2-3H3. The molecule has 0 aliphatic rings. The molecule has 2 aromatic carbocycles. The Morgan fingerprint density at radius 2 is 2.07 bits per heavy atom. The quantitative estimate of drug-likeness (QED) is 0.614. The zero-order valence-corrected chi connectivity index (χ0v) is 16.4. The van der Waals surface area contributed by atoms with Gasteiger partial charge in [-0.3, -0.25) is 4.79 Å². The first-order chi connectivity index (χ1) is 13.0. The normalized spacial score (nSPS) is 11.4. The first-order valence-corrected chi connectivity index (χ1v) is 9.26. The molecular formula is C20H17ClN2O3S. The second-order valence-corrected chi connectivity index (χ2v) is 7.09. The number of benzene rings is 2. The number of fused-ring (bicyclic) bond motifs is 1. The maximum Gasteiger partial charge on any atom is 0.252 e. The fourth-order valence-electron chi connectivity index (χ4n) is 2.68. The lowest BCUT2D eigenvalue weighted by atomic mass is 10.1. The summed E-state index contributed by atoms with van der Waals surface area (Å²) in [5.41, 5.74) is 1.63. The minimum atomic E-state index is -0.290. The highest BCUT2D eigenvalue weighted by Crippen LogP contribution is 2.25. The van der Waals surface area contributed by atoms with E-state index >= 15 is 0 Å². The Bertz CT molecular complexity index is 1110. The van der Waals surface area contributed by atoms with Gasteiger partial charge in [-0.2, -0.15) is 4.99 Å². The van der Waals surface area contributed by atoms with Crippen molar-refractivity contribution in [2.45, 2.75) is 13.0 Å². The number of hydrogen-bond donors (Lipinski definition) is 0. The SMILES string of the molecule is C#CCn1c(=NC(=O)Cc2ccc(OC)cc2OC)sc2cc(Cl)ccc21. The highest BCUT2D eigenvalue weighted by molar-refractivity contribution is 7.16. The van der Waals surface area contributed by atoms with Crippen LogP contribution in [0, 0.1) is 12.3 Å². The van der Waals surface area contributed by atoms with Crippen LogP contribution in [0.25, 0.3) is 10.2 Å². The van der Waals surface area contributed by atoms with E-state index in [9.17, 15) is 4.79 Å². The molecule has 5 nitrogen and oxygen atoms in total.